The average Bonchev–Trinajstić information content (AvgIpc) is 3.24. The number of anilines is 1. The van der Waals surface area contributed by atoms with Gasteiger partial charge in [0.1, 0.15) is 17.3 Å². The van der Waals surface area contributed by atoms with Crippen molar-refractivity contribution in [1.82, 2.24) is 5.32 Å². The maximum absolute atomic E-state index is 13.5. The molecule has 2 amide bonds. The molecule has 3 rings (SSSR count). The van der Waals surface area contributed by atoms with Gasteiger partial charge in [-0.1, -0.05) is 35.9 Å². The second-order valence-corrected chi connectivity index (χ2v) is 5.62. The van der Waals surface area contributed by atoms with E-state index in [1.807, 2.05) is 31.2 Å². The van der Waals surface area contributed by atoms with E-state index in [1.165, 1.54) is 6.07 Å². The van der Waals surface area contributed by atoms with Gasteiger partial charge in [0.2, 0.25) is 0 Å². The van der Waals surface area contributed by atoms with E-state index < -0.39 is 28.9 Å². The lowest BCUT2D eigenvalue weighted by Gasteiger charge is -2.19. The van der Waals surface area contributed by atoms with Crippen molar-refractivity contribution in [2.75, 3.05) is 5.32 Å². The van der Waals surface area contributed by atoms with Crippen molar-refractivity contribution in [1.29, 1.82) is 0 Å². The zero-order chi connectivity index (χ0) is 15.7. The van der Waals surface area contributed by atoms with Crippen LogP contribution in [0.1, 0.15) is 24.0 Å². The topological polar surface area (TPSA) is 41.1 Å². The molecule has 22 heavy (non-hydrogen) atoms. The number of amides is 2. The molecular formula is C17H16F2N2O. The third-order valence-electron chi connectivity index (χ3n) is 3.91. The fourth-order valence-corrected chi connectivity index (χ4v) is 2.46. The number of carbonyl (C=O) groups excluding carboxylic acids is 1. The first kappa shape index (κ1) is 14.5. The zero-order valence-corrected chi connectivity index (χ0v) is 12.1. The van der Waals surface area contributed by atoms with E-state index in [9.17, 15) is 13.6 Å². The summed E-state index contributed by atoms with van der Waals surface area (Å²) in [6, 6.07) is 10.7. The molecule has 114 valence electrons. The Morgan fingerprint density at radius 1 is 1.05 bits per heavy atom. The number of benzene rings is 2. The van der Waals surface area contributed by atoms with Crippen molar-refractivity contribution >= 4 is 11.7 Å². The molecular weight excluding hydrogens is 286 g/mol. The number of urea groups is 1. The summed E-state index contributed by atoms with van der Waals surface area (Å²) in [5, 5.41) is 5.08. The van der Waals surface area contributed by atoms with Crippen molar-refractivity contribution in [2.45, 2.75) is 25.3 Å². The number of carbonyl (C=O) groups is 1. The SMILES string of the molecule is Cc1ccc(C2(NC(=O)Nc3c(F)cccc3F)CC2)cc1. The maximum atomic E-state index is 13.5. The summed E-state index contributed by atoms with van der Waals surface area (Å²) in [6.45, 7) is 1.99. The van der Waals surface area contributed by atoms with Gasteiger partial charge in [-0.15, -0.1) is 0 Å². The number of aryl methyl sites for hydroxylation is 1. The van der Waals surface area contributed by atoms with E-state index in [0.717, 1.165) is 36.1 Å². The van der Waals surface area contributed by atoms with Crippen molar-refractivity contribution in [3.05, 3.63) is 65.2 Å². The average molecular weight is 302 g/mol. The van der Waals surface area contributed by atoms with Crippen molar-refractivity contribution in [2.24, 2.45) is 0 Å². The van der Waals surface area contributed by atoms with Crippen LogP contribution in [0.3, 0.4) is 0 Å². The van der Waals surface area contributed by atoms with E-state index in [4.69, 9.17) is 0 Å². The molecule has 2 N–H and O–H groups in total. The molecule has 0 atom stereocenters. The van der Waals surface area contributed by atoms with Crippen LogP contribution in [0.4, 0.5) is 19.3 Å². The second kappa shape index (κ2) is 5.40. The maximum Gasteiger partial charge on any atom is 0.320 e. The van der Waals surface area contributed by atoms with Gasteiger partial charge in [-0.3, -0.25) is 0 Å². The Hall–Kier alpha value is -2.43. The minimum absolute atomic E-state index is 0.431. The summed E-state index contributed by atoms with van der Waals surface area (Å²) < 4.78 is 27.1. The molecule has 2 aromatic carbocycles. The van der Waals surface area contributed by atoms with Crippen molar-refractivity contribution in [3.63, 3.8) is 0 Å². The summed E-state index contributed by atoms with van der Waals surface area (Å²) in [4.78, 5) is 12.1. The molecule has 0 aromatic heterocycles. The van der Waals surface area contributed by atoms with Crippen LogP contribution < -0.4 is 10.6 Å². The second-order valence-electron chi connectivity index (χ2n) is 5.62. The molecule has 0 aliphatic heterocycles. The van der Waals surface area contributed by atoms with Crippen LogP contribution in [0, 0.1) is 18.6 Å². The molecule has 0 saturated heterocycles. The number of para-hydroxylation sites is 1. The molecule has 2 aromatic rings. The minimum atomic E-state index is -0.796. The zero-order valence-electron chi connectivity index (χ0n) is 12.1. The van der Waals surface area contributed by atoms with Crippen LogP contribution in [-0.4, -0.2) is 6.03 Å². The number of halogens is 2. The first-order chi connectivity index (χ1) is 10.5. The molecule has 3 nitrogen and oxygen atoms in total. The van der Waals surface area contributed by atoms with Gasteiger partial charge in [-0.05, 0) is 37.5 Å². The lowest BCUT2D eigenvalue weighted by atomic mass is 10.0. The molecule has 1 aliphatic rings. The first-order valence-corrected chi connectivity index (χ1v) is 7.10. The number of hydrogen-bond acceptors (Lipinski definition) is 1. The summed E-state index contributed by atoms with van der Waals surface area (Å²) in [6.07, 6.45) is 1.62. The highest BCUT2D eigenvalue weighted by Crippen LogP contribution is 2.45. The number of rotatable bonds is 3. The van der Waals surface area contributed by atoms with Gasteiger partial charge in [0.15, 0.2) is 0 Å². The Morgan fingerprint density at radius 3 is 2.18 bits per heavy atom. The Labute approximate surface area is 127 Å². The molecule has 0 spiro atoms. The van der Waals surface area contributed by atoms with E-state index >= 15 is 0 Å². The number of hydrogen-bond donors (Lipinski definition) is 2. The normalized spacial score (nSPS) is 15.2. The van der Waals surface area contributed by atoms with E-state index in [0.29, 0.717) is 0 Å². The van der Waals surface area contributed by atoms with Crippen LogP contribution in [0.25, 0.3) is 0 Å². The van der Waals surface area contributed by atoms with Gasteiger partial charge in [-0.2, -0.15) is 0 Å². The summed E-state index contributed by atoms with van der Waals surface area (Å²) in [5.41, 5.74) is 1.28. The van der Waals surface area contributed by atoms with Crippen molar-refractivity contribution in [3.8, 4) is 0 Å². The fraction of sp³-hybridized carbons (Fsp3) is 0.235. The molecule has 0 bridgehead atoms. The van der Waals surface area contributed by atoms with E-state index in [2.05, 4.69) is 10.6 Å². The quantitative estimate of drug-likeness (QED) is 0.881. The highest BCUT2D eigenvalue weighted by molar-refractivity contribution is 5.90. The third kappa shape index (κ3) is 2.79. The van der Waals surface area contributed by atoms with Crippen molar-refractivity contribution < 1.29 is 13.6 Å². The van der Waals surface area contributed by atoms with Gasteiger partial charge in [0.05, 0.1) is 5.54 Å². The van der Waals surface area contributed by atoms with E-state index in [-0.39, 0.29) is 0 Å². The van der Waals surface area contributed by atoms with Crippen LogP contribution in [-0.2, 0) is 5.54 Å². The van der Waals surface area contributed by atoms with Gasteiger partial charge in [0.25, 0.3) is 0 Å². The Balaban J connectivity index is 1.73. The van der Waals surface area contributed by atoms with Crippen LogP contribution in [0.2, 0.25) is 0 Å². The van der Waals surface area contributed by atoms with Crippen LogP contribution in [0.5, 0.6) is 0 Å². The molecule has 1 fully saturated rings. The monoisotopic (exact) mass is 302 g/mol. The molecule has 0 heterocycles. The summed E-state index contributed by atoms with van der Waals surface area (Å²) >= 11 is 0. The Morgan fingerprint density at radius 2 is 1.64 bits per heavy atom. The summed E-state index contributed by atoms with van der Waals surface area (Å²) in [5.74, 6) is -1.59. The lowest BCUT2D eigenvalue weighted by molar-refractivity contribution is 0.247. The van der Waals surface area contributed by atoms with Gasteiger partial charge in [-0.25, -0.2) is 13.6 Å². The van der Waals surface area contributed by atoms with Gasteiger partial charge < -0.3 is 10.6 Å². The van der Waals surface area contributed by atoms with Gasteiger partial charge >= 0.3 is 6.03 Å². The predicted octanol–water partition coefficient (Wildman–Crippen LogP) is 4.08. The largest absolute Gasteiger partial charge is 0.328 e. The lowest BCUT2D eigenvalue weighted by Crippen LogP contribution is -2.38. The molecule has 0 unspecified atom stereocenters. The molecule has 0 radical (unpaired) electrons. The Kier molecular flexibility index (Phi) is 3.56. The van der Waals surface area contributed by atoms with Crippen LogP contribution >= 0.6 is 0 Å². The third-order valence-corrected chi connectivity index (χ3v) is 3.91. The first-order valence-electron chi connectivity index (χ1n) is 7.10. The molecule has 5 heteroatoms. The highest BCUT2D eigenvalue weighted by Gasteiger charge is 2.45. The van der Waals surface area contributed by atoms with Gasteiger partial charge in [0, 0.05) is 0 Å². The van der Waals surface area contributed by atoms with Crippen LogP contribution in [0.15, 0.2) is 42.5 Å². The summed E-state index contributed by atoms with van der Waals surface area (Å²) in [7, 11) is 0. The number of nitrogens with one attached hydrogen (secondary N) is 2. The predicted molar refractivity (Wildman–Crippen MR) is 80.6 cm³/mol. The minimum Gasteiger partial charge on any atom is -0.328 e. The highest BCUT2D eigenvalue weighted by atomic mass is 19.1. The fourth-order valence-electron chi connectivity index (χ4n) is 2.46. The Bertz CT molecular complexity index is 689. The smallest absolute Gasteiger partial charge is 0.320 e. The molecule has 1 aliphatic carbocycles. The standard InChI is InChI=1S/C17H16F2N2O/c1-11-5-7-12(8-6-11)17(9-10-17)21-16(22)20-15-13(18)3-2-4-14(15)19/h2-8H,9-10H2,1H3,(H2,20,21,22). The molecule has 1 saturated carbocycles. The van der Waals surface area contributed by atoms with E-state index in [1.54, 1.807) is 0 Å².